The second-order valence-corrected chi connectivity index (χ2v) is 2.60. The summed E-state index contributed by atoms with van der Waals surface area (Å²) in [7, 11) is 1.58. The highest BCUT2D eigenvalue weighted by Crippen LogP contribution is 2.13. The van der Waals surface area contributed by atoms with Crippen LogP contribution in [0.4, 0.5) is 0 Å². The van der Waals surface area contributed by atoms with Gasteiger partial charge >= 0.3 is 0 Å². The minimum absolute atomic E-state index is 0.00130. The van der Waals surface area contributed by atoms with Crippen LogP contribution >= 0.6 is 0 Å². The fourth-order valence-electron chi connectivity index (χ4n) is 1.02. The highest BCUT2D eigenvalue weighted by Gasteiger charge is 2.01. The van der Waals surface area contributed by atoms with Crippen molar-refractivity contribution in [3.8, 4) is 5.75 Å². The second-order valence-electron chi connectivity index (χ2n) is 2.60. The van der Waals surface area contributed by atoms with Gasteiger partial charge in [0.25, 0.3) is 0 Å². The quantitative estimate of drug-likeness (QED) is 0.522. The summed E-state index contributed by atoms with van der Waals surface area (Å²) >= 11 is 0. The monoisotopic (exact) mass is 176 g/mol. The van der Waals surface area contributed by atoms with E-state index in [1.807, 2.05) is 13.0 Å². The lowest BCUT2D eigenvalue weighted by Crippen LogP contribution is -1.94. The summed E-state index contributed by atoms with van der Waals surface area (Å²) in [6.45, 7) is 1.82. The van der Waals surface area contributed by atoms with E-state index in [0.29, 0.717) is 11.3 Å². The summed E-state index contributed by atoms with van der Waals surface area (Å²) in [5.74, 6) is 0.705. The number of carbonyl (C=O) groups excluding carboxylic acids is 1. The zero-order chi connectivity index (χ0) is 9.68. The fraction of sp³-hybridized carbons (Fsp3) is 0.182. The normalized spacial score (nSPS) is 10.3. The minimum Gasteiger partial charge on any atom is -0.497 e. The molecule has 0 bridgehead atoms. The Morgan fingerprint density at radius 3 is 2.85 bits per heavy atom. The van der Waals surface area contributed by atoms with Crippen LogP contribution < -0.4 is 4.74 Å². The number of ether oxygens (including phenoxy) is 1. The van der Waals surface area contributed by atoms with Crippen LogP contribution in [0.15, 0.2) is 36.4 Å². The fourth-order valence-corrected chi connectivity index (χ4v) is 1.02. The number of ketones is 1. The van der Waals surface area contributed by atoms with Crippen LogP contribution in [0.25, 0.3) is 0 Å². The van der Waals surface area contributed by atoms with Crippen LogP contribution in [-0.2, 0) is 0 Å². The number of rotatable bonds is 3. The number of allylic oxidation sites excluding steroid dienone is 2. The molecule has 2 heteroatoms. The van der Waals surface area contributed by atoms with Crippen molar-refractivity contribution in [3.05, 3.63) is 42.0 Å². The van der Waals surface area contributed by atoms with E-state index in [9.17, 15) is 4.79 Å². The molecule has 2 nitrogen and oxygen atoms in total. The van der Waals surface area contributed by atoms with Crippen molar-refractivity contribution in [2.75, 3.05) is 7.11 Å². The molecule has 1 rings (SSSR count). The molecule has 1 aromatic carbocycles. The Morgan fingerprint density at radius 2 is 2.23 bits per heavy atom. The summed E-state index contributed by atoms with van der Waals surface area (Å²) in [5.41, 5.74) is 0.650. The first-order chi connectivity index (χ1) is 6.27. The highest BCUT2D eigenvalue weighted by atomic mass is 16.5. The lowest BCUT2D eigenvalue weighted by atomic mass is 10.1. The number of hydrogen-bond donors (Lipinski definition) is 0. The summed E-state index contributed by atoms with van der Waals surface area (Å²) < 4.78 is 5.01. The standard InChI is InChI=1S/C11H12O2/c1-3-5-11(12)9-6-4-7-10(8-9)13-2/h3-8H,1-2H3/b5-3+. The molecule has 0 unspecified atom stereocenters. The first kappa shape index (κ1) is 9.52. The molecular weight excluding hydrogens is 164 g/mol. The third-order valence-electron chi connectivity index (χ3n) is 1.67. The average Bonchev–Trinajstić information content (AvgIpc) is 2.18. The lowest BCUT2D eigenvalue weighted by molar-refractivity contribution is 0.104. The minimum atomic E-state index is 0.00130. The molecule has 1 aromatic rings. The van der Waals surface area contributed by atoms with Gasteiger partial charge in [-0.1, -0.05) is 18.2 Å². The van der Waals surface area contributed by atoms with Crippen molar-refractivity contribution in [2.24, 2.45) is 0 Å². The van der Waals surface area contributed by atoms with Crippen molar-refractivity contribution in [1.82, 2.24) is 0 Å². The maximum absolute atomic E-state index is 11.4. The van der Waals surface area contributed by atoms with Crippen LogP contribution in [0.2, 0.25) is 0 Å². The molecule has 0 saturated carbocycles. The second kappa shape index (κ2) is 4.45. The average molecular weight is 176 g/mol. The first-order valence-corrected chi connectivity index (χ1v) is 4.09. The van der Waals surface area contributed by atoms with E-state index in [-0.39, 0.29) is 5.78 Å². The van der Waals surface area contributed by atoms with Gasteiger partial charge in [-0.15, -0.1) is 0 Å². The Bertz CT molecular complexity index is 327. The zero-order valence-corrected chi connectivity index (χ0v) is 7.78. The van der Waals surface area contributed by atoms with Crippen molar-refractivity contribution in [1.29, 1.82) is 0 Å². The molecule has 68 valence electrons. The molecule has 0 saturated heterocycles. The van der Waals surface area contributed by atoms with E-state index in [2.05, 4.69) is 0 Å². The van der Waals surface area contributed by atoms with Gasteiger partial charge in [-0.3, -0.25) is 4.79 Å². The van der Waals surface area contributed by atoms with E-state index in [4.69, 9.17) is 4.74 Å². The third kappa shape index (κ3) is 2.44. The predicted molar refractivity (Wildman–Crippen MR) is 52.1 cm³/mol. The molecule has 0 N–H and O–H groups in total. The number of carbonyl (C=O) groups is 1. The molecule has 0 atom stereocenters. The molecule has 0 radical (unpaired) electrons. The van der Waals surface area contributed by atoms with E-state index in [0.717, 1.165) is 0 Å². The molecule has 0 aliphatic carbocycles. The SMILES string of the molecule is C/C=C/C(=O)c1cccc(OC)c1. The highest BCUT2D eigenvalue weighted by molar-refractivity contribution is 6.04. The topological polar surface area (TPSA) is 26.3 Å². The van der Waals surface area contributed by atoms with Gasteiger partial charge in [-0.25, -0.2) is 0 Å². The zero-order valence-electron chi connectivity index (χ0n) is 7.78. The summed E-state index contributed by atoms with van der Waals surface area (Å²) in [6.07, 6.45) is 3.26. The van der Waals surface area contributed by atoms with Gasteiger partial charge in [0.05, 0.1) is 7.11 Å². The summed E-state index contributed by atoms with van der Waals surface area (Å²) in [6, 6.07) is 7.11. The van der Waals surface area contributed by atoms with E-state index in [1.165, 1.54) is 6.08 Å². The molecule has 0 aliphatic rings. The summed E-state index contributed by atoms with van der Waals surface area (Å²) in [4.78, 5) is 11.4. The maximum Gasteiger partial charge on any atom is 0.185 e. The molecule has 13 heavy (non-hydrogen) atoms. The van der Waals surface area contributed by atoms with E-state index < -0.39 is 0 Å². The predicted octanol–water partition coefficient (Wildman–Crippen LogP) is 2.45. The first-order valence-electron chi connectivity index (χ1n) is 4.09. The molecule has 0 fully saturated rings. The Labute approximate surface area is 77.8 Å². The Kier molecular flexibility index (Phi) is 3.26. The van der Waals surface area contributed by atoms with Gasteiger partial charge < -0.3 is 4.74 Å². The molecule has 0 aromatic heterocycles. The van der Waals surface area contributed by atoms with E-state index >= 15 is 0 Å². The van der Waals surface area contributed by atoms with Gasteiger partial charge in [0.2, 0.25) is 0 Å². The van der Waals surface area contributed by atoms with Crippen LogP contribution in [-0.4, -0.2) is 12.9 Å². The molecule has 0 spiro atoms. The van der Waals surface area contributed by atoms with Crippen molar-refractivity contribution in [2.45, 2.75) is 6.92 Å². The van der Waals surface area contributed by atoms with Crippen LogP contribution in [0.5, 0.6) is 5.75 Å². The lowest BCUT2D eigenvalue weighted by Gasteiger charge is -2.00. The number of methoxy groups -OCH3 is 1. The van der Waals surface area contributed by atoms with Crippen LogP contribution in [0.1, 0.15) is 17.3 Å². The van der Waals surface area contributed by atoms with Gasteiger partial charge in [-0.05, 0) is 25.1 Å². The largest absolute Gasteiger partial charge is 0.497 e. The Morgan fingerprint density at radius 1 is 1.46 bits per heavy atom. The third-order valence-corrected chi connectivity index (χ3v) is 1.67. The molecule has 0 heterocycles. The Balaban J connectivity index is 2.94. The van der Waals surface area contributed by atoms with Gasteiger partial charge in [0.15, 0.2) is 5.78 Å². The van der Waals surface area contributed by atoms with Gasteiger partial charge in [0.1, 0.15) is 5.75 Å². The van der Waals surface area contributed by atoms with Crippen molar-refractivity contribution >= 4 is 5.78 Å². The van der Waals surface area contributed by atoms with Crippen molar-refractivity contribution in [3.63, 3.8) is 0 Å². The van der Waals surface area contributed by atoms with Crippen LogP contribution in [0, 0.1) is 0 Å². The number of hydrogen-bond acceptors (Lipinski definition) is 2. The Hall–Kier alpha value is -1.57. The molecule has 0 amide bonds. The smallest absolute Gasteiger partial charge is 0.185 e. The van der Waals surface area contributed by atoms with E-state index in [1.54, 1.807) is 31.4 Å². The maximum atomic E-state index is 11.4. The summed E-state index contributed by atoms with van der Waals surface area (Å²) in [5, 5.41) is 0. The molecular formula is C11H12O2. The number of benzene rings is 1. The molecule has 0 aliphatic heterocycles. The van der Waals surface area contributed by atoms with Gasteiger partial charge in [0, 0.05) is 5.56 Å². The van der Waals surface area contributed by atoms with Crippen molar-refractivity contribution < 1.29 is 9.53 Å². The van der Waals surface area contributed by atoms with Gasteiger partial charge in [-0.2, -0.15) is 0 Å². The van der Waals surface area contributed by atoms with Crippen LogP contribution in [0.3, 0.4) is 0 Å².